The molecule has 0 radical (unpaired) electrons. The number of fused-ring (bicyclic) bond motifs is 1. The van der Waals surface area contributed by atoms with Crippen molar-refractivity contribution in [3.8, 4) is 0 Å². The topological polar surface area (TPSA) is 53.1 Å². The van der Waals surface area contributed by atoms with Crippen molar-refractivity contribution in [3.63, 3.8) is 0 Å². The van der Waals surface area contributed by atoms with Crippen LogP contribution >= 0.6 is 0 Å². The highest BCUT2D eigenvalue weighted by molar-refractivity contribution is 5.86. The van der Waals surface area contributed by atoms with E-state index in [0.717, 1.165) is 25.1 Å². The lowest BCUT2D eigenvalue weighted by Gasteiger charge is -2.23. The summed E-state index contributed by atoms with van der Waals surface area (Å²) >= 11 is 0. The number of hydrogen-bond acceptors (Lipinski definition) is 3. The summed E-state index contributed by atoms with van der Waals surface area (Å²) in [5, 5.41) is 6.07. The molecular formula is C15H19N3O. The summed E-state index contributed by atoms with van der Waals surface area (Å²) in [5.74, 6) is 0.633. The average molecular weight is 257 g/mol. The molecule has 2 aromatic rings. The fraction of sp³-hybridized carbons (Fsp3) is 0.533. The van der Waals surface area contributed by atoms with E-state index in [0.29, 0.717) is 5.92 Å². The number of aromatic nitrogens is 2. The number of nitrogens with zero attached hydrogens (tertiary/aromatic N) is 2. The predicted octanol–water partition coefficient (Wildman–Crippen LogP) is 3.20. The summed E-state index contributed by atoms with van der Waals surface area (Å²) in [6.45, 7) is 0.847. The number of nitrogens with two attached hydrogens (primary N) is 1. The predicted molar refractivity (Wildman–Crippen MR) is 75.0 cm³/mol. The van der Waals surface area contributed by atoms with Gasteiger partial charge in [0.2, 0.25) is 0 Å². The molecule has 1 aliphatic heterocycles. The SMILES string of the molecule is Nc1ccc2c(c1)c(C1CC1)nn2C1CCCCO1. The maximum absolute atomic E-state index is 5.93. The van der Waals surface area contributed by atoms with Crippen LogP contribution in [0.25, 0.3) is 10.9 Å². The molecule has 1 aromatic heterocycles. The minimum Gasteiger partial charge on any atom is -0.399 e. The molecule has 2 heterocycles. The highest BCUT2D eigenvalue weighted by atomic mass is 16.5. The monoisotopic (exact) mass is 257 g/mol. The lowest BCUT2D eigenvalue weighted by molar-refractivity contribution is -0.0368. The first-order chi connectivity index (χ1) is 9.33. The van der Waals surface area contributed by atoms with E-state index in [1.807, 2.05) is 6.07 Å². The molecule has 2 fully saturated rings. The lowest BCUT2D eigenvalue weighted by atomic mass is 10.1. The van der Waals surface area contributed by atoms with Crippen molar-refractivity contribution in [1.82, 2.24) is 9.78 Å². The van der Waals surface area contributed by atoms with Gasteiger partial charge in [0, 0.05) is 23.6 Å². The van der Waals surface area contributed by atoms with Crippen LogP contribution in [0.2, 0.25) is 0 Å². The van der Waals surface area contributed by atoms with Crippen LogP contribution in [0.15, 0.2) is 18.2 Å². The molecule has 0 spiro atoms. The molecular weight excluding hydrogens is 238 g/mol. The number of hydrogen-bond donors (Lipinski definition) is 1. The molecule has 1 aliphatic carbocycles. The van der Waals surface area contributed by atoms with Gasteiger partial charge in [0.15, 0.2) is 6.23 Å². The highest BCUT2D eigenvalue weighted by Gasteiger charge is 2.30. The zero-order valence-electron chi connectivity index (χ0n) is 11.0. The minimum atomic E-state index is 0.104. The Morgan fingerprint density at radius 1 is 1.21 bits per heavy atom. The van der Waals surface area contributed by atoms with Gasteiger partial charge in [0.05, 0.1) is 11.2 Å². The number of ether oxygens (including phenoxy) is 1. The molecule has 19 heavy (non-hydrogen) atoms. The summed E-state index contributed by atoms with van der Waals surface area (Å²) in [7, 11) is 0. The molecule has 1 unspecified atom stereocenters. The van der Waals surface area contributed by atoms with Crippen molar-refractivity contribution in [1.29, 1.82) is 0 Å². The molecule has 2 aliphatic rings. The molecule has 100 valence electrons. The quantitative estimate of drug-likeness (QED) is 0.840. The smallest absolute Gasteiger partial charge is 0.150 e. The minimum absolute atomic E-state index is 0.104. The Balaban J connectivity index is 1.85. The van der Waals surface area contributed by atoms with Crippen molar-refractivity contribution in [2.24, 2.45) is 0 Å². The average Bonchev–Trinajstić information content (AvgIpc) is 3.21. The van der Waals surface area contributed by atoms with Crippen LogP contribution in [-0.4, -0.2) is 16.4 Å². The van der Waals surface area contributed by atoms with Crippen LogP contribution in [0.3, 0.4) is 0 Å². The van der Waals surface area contributed by atoms with Gasteiger partial charge in [-0.1, -0.05) is 0 Å². The molecule has 1 saturated heterocycles. The van der Waals surface area contributed by atoms with E-state index in [1.54, 1.807) is 0 Å². The summed E-state index contributed by atoms with van der Waals surface area (Å²) in [6, 6.07) is 6.11. The molecule has 1 saturated carbocycles. The Kier molecular flexibility index (Phi) is 2.52. The summed E-state index contributed by atoms with van der Waals surface area (Å²) in [5.41, 5.74) is 9.14. The van der Waals surface area contributed by atoms with E-state index in [-0.39, 0.29) is 6.23 Å². The third-order valence-electron chi connectivity index (χ3n) is 4.15. The largest absolute Gasteiger partial charge is 0.399 e. The standard InChI is InChI=1S/C15H19N3O/c16-11-6-7-13-12(9-11)15(10-4-5-10)17-18(13)14-3-1-2-8-19-14/h6-7,9-10,14H,1-5,8,16H2. The number of nitrogen functional groups attached to an aromatic ring is 1. The maximum Gasteiger partial charge on any atom is 0.150 e. The summed E-state index contributed by atoms with van der Waals surface area (Å²) < 4.78 is 7.97. The molecule has 4 rings (SSSR count). The third kappa shape index (κ3) is 1.91. The van der Waals surface area contributed by atoms with Crippen LogP contribution in [0.1, 0.15) is 49.9 Å². The fourth-order valence-corrected chi connectivity index (χ4v) is 2.98. The van der Waals surface area contributed by atoms with Crippen molar-refractivity contribution in [3.05, 3.63) is 23.9 Å². The van der Waals surface area contributed by atoms with Gasteiger partial charge < -0.3 is 10.5 Å². The van der Waals surface area contributed by atoms with E-state index >= 15 is 0 Å². The van der Waals surface area contributed by atoms with Crippen molar-refractivity contribution >= 4 is 16.6 Å². The van der Waals surface area contributed by atoms with E-state index in [2.05, 4.69) is 16.8 Å². The fourth-order valence-electron chi connectivity index (χ4n) is 2.98. The van der Waals surface area contributed by atoms with Gasteiger partial charge >= 0.3 is 0 Å². The van der Waals surface area contributed by atoms with E-state index in [1.165, 1.54) is 35.9 Å². The van der Waals surface area contributed by atoms with E-state index < -0.39 is 0 Å². The van der Waals surface area contributed by atoms with E-state index in [9.17, 15) is 0 Å². The van der Waals surface area contributed by atoms with Crippen LogP contribution in [0.4, 0.5) is 5.69 Å². The van der Waals surface area contributed by atoms with Gasteiger partial charge in [-0.25, -0.2) is 4.68 Å². The molecule has 2 N–H and O–H groups in total. The van der Waals surface area contributed by atoms with Gasteiger partial charge in [-0.05, 0) is 50.3 Å². The highest BCUT2D eigenvalue weighted by Crippen LogP contribution is 2.43. The van der Waals surface area contributed by atoms with Gasteiger partial charge in [-0.15, -0.1) is 0 Å². The second-order valence-electron chi connectivity index (χ2n) is 5.70. The molecule has 1 atom stereocenters. The number of benzene rings is 1. The Bertz CT molecular complexity index is 609. The summed E-state index contributed by atoms with van der Waals surface area (Å²) in [4.78, 5) is 0. The van der Waals surface area contributed by atoms with Crippen molar-refractivity contribution < 1.29 is 4.74 Å². The second-order valence-corrected chi connectivity index (χ2v) is 5.70. The second kappa shape index (κ2) is 4.23. The van der Waals surface area contributed by atoms with Gasteiger partial charge in [0.25, 0.3) is 0 Å². The van der Waals surface area contributed by atoms with Crippen molar-refractivity contribution in [2.75, 3.05) is 12.3 Å². The zero-order chi connectivity index (χ0) is 12.8. The Labute approximate surface area is 112 Å². The normalized spacial score (nSPS) is 23.9. The van der Waals surface area contributed by atoms with Gasteiger partial charge in [-0.3, -0.25) is 0 Å². The number of anilines is 1. The van der Waals surface area contributed by atoms with Crippen LogP contribution in [0.5, 0.6) is 0 Å². The van der Waals surface area contributed by atoms with Crippen molar-refractivity contribution in [2.45, 2.75) is 44.2 Å². The zero-order valence-corrected chi connectivity index (χ0v) is 11.0. The first-order valence-corrected chi connectivity index (χ1v) is 7.22. The Morgan fingerprint density at radius 3 is 2.84 bits per heavy atom. The molecule has 1 aromatic carbocycles. The Morgan fingerprint density at radius 2 is 2.11 bits per heavy atom. The maximum atomic E-state index is 5.93. The van der Waals surface area contributed by atoms with E-state index in [4.69, 9.17) is 15.6 Å². The van der Waals surface area contributed by atoms with Crippen LogP contribution in [0, 0.1) is 0 Å². The first kappa shape index (κ1) is 11.3. The molecule has 0 bridgehead atoms. The first-order valence-electron chi connectivity index (χ1n) is 7.22. The molecule has 4 nitrogen and oxygen atoms in total. The van der Waals surface area contributed by atoms with Gasteiger partial charge in [-0.2, -0.15) is 5.10 Å². The molecule has 0 amide bonds. The van der Waals surface area contributed by atoms with Gasteiger partial charge in [0.1, 0.15) is 0 Å². The van der Waals surface area contributed by atoms with Crippen LogP contribution in [-0.2, 0) is 4.74 Å². The Hall–Kier alpha value is -1.55. The lowest BCUT2D eigenvalue weighted by Crippen LogP contribution is -2.19. The van der Waals surface area contributed by atoms with Crippen LogP contribution < -0.4 is 5.73 Å². The molecule has 4 heteroatoms. The third-order valence-corrected chi connectivity index (χ3v) is 4.15. The summed E-state index contributed by atoms with van der Waals surface area (Å²) in [6.07, 6.45) is 6.06. The number of rotatable bonds is 2.